The van der Waals surface area contributed by atoms with Gasteiger partial charge in [-0.2, -0.15) is 0 Å². The van der Waals surface area contributed by atoms with E-state index in [0.29, 0.717) is 6.04 Å². The van der Waals surface area contributed by atoms with Crippen molar-refractivity contribution < 1.29 is 0 Å². The molecule has 0 aromatic rings. The molecule has 0 aromatic heterocycles. The van der Waals surface area contributed by atoms with Crippen molar-refractivity contribution in [3.63, 3.8) is 0 Å². The SMILES string of the molecule is Cl.NC1[C@H]2CCC[C@@H]12. The van der Waals surface area contributed by atoms with Crippen LogP contribution in [0.15, 0.2) is 0 Å². The molecule has 2 rings (SSSR count). The Balaban J connectivity index is 0.000000320. The molecule has 8 heavy (non-hydrogen) atoms. The standard InChI is InChI=1S/C6H11N.ClH/c7-6-4-2-1-3-5(4)6;/h4-6H,1-3,7H2;1H/t4-,5+,6?;. The van der Waals surface area contributed by atoms with Crippen LogP contribution in [0.1, 0.15) is 19.3 Å². The molecule has 0 saturated heterocycles. The molecule has 2 N–H and O–H groups in total. The topological polar surface area (TPSA) is 26.0 Å². The Labute approximate surface area is 56.0 Å². The third kappa shape index (κ3) is 0.652. The molecule has 1 nitrogen and oxygen atoms in total. The van der Waals surface area contributed by atoms with Crippen molar-refractivity contribution in [3.05, 3.63) is 0 Å². The lowest BCUT2D eigenvalue weighted by atomic mass is 10.2. The van der Waals surface area contributed by atoms with Gasteiger partial charge in [0.15, 0.2) is 0 Å². The minimum absolute atomic E-state index is 0. The van der Waals surface area contributed by atoms with Crippen LogP contribution >= 0.6 is 12.4 Å². The van der Waals surface area contributed by atoms with Crippen LogP contribution in [0.4, 0.5) is 0 Å². The first-order valence-corrected chi connectivity index (χ1v) is 3.15. The zero-order valence-electron chi connectivity index (χ0n) is 4.84. The maximum Gasteiger partial charge on any atom is 0.0102 e. The minimum Gasteiger partial charge on any atom is -0.327 e. The second-order valence-electron chi connectivity index (χ2n) is 2.84. The van der Waals surface area contributed by atoms with E-state index < -0.39 is 0 Å². The fourth-order valence-electron chi connectivity index (χ4n) is 1.88. The van der Waals surface area contributed by atoms with Gasteiger partial charge in [-0.05, 0) is 24.7 Å². The number of nitrogens with two attached hydrogens (primary N) is 1. The predicted octanol–water partition coefficient (Wildman–Crippen LogP) is 1.17. The third-order valence-electron chi connectivity index (χ3n) is 2.47. The average Bonchev–Trinajstić information content (AvgIpc) is 2.26. The highest BCUT2D eigenvalue weighted by atomic mass is 35.5. The van der Waals surface area contributed by atoms with E-state index in [2.05, 4.69) is 0 Å². The Bertz CT molecular complexity index is 84.5. The summed E-state index contributed by atoms with van der Waals surface area (Å²) in [5.74, 6) is 1.92. The molecule has 0 heterocycles. The first-order chi connectivity index (χ1) is 3.39. The smallest absolute Gasteiger partial charge is 0.0102 e. The molecule has 0 amide bonds. The lowest BCUT2D eigenvalue weighted by Gasteiger charge is -1.90. The number of hydrogen-bond donors (Lipinski definition) is 1. The second-order valence-corrected chi connectivity index (χ2v) is 2.84. The lowest BCUT2D eigenvalue weighted by molar-refractivity contribution is 0.674. The molecule has 1 unspecified atom stereocenters. The van der Waals surface area contributed by atoms with Crippen molar-refractivity contribution in [3.8, 4) is 0 Å². The predicted molar refractivity (Wildman–Crippen MR) is 36.1 cm³/mol. The molecule has 2 aliphatic carbocycles. The summed E-state index contributed by atoms with van der Waals surface area (Å²) >= 11 is 0. The summed E-state index contributed by atoms with van der Waals surface area (Å²) in [6.45, 7) is 0. The van der Waals surface area contributed by atoms with E-state index in [-0.39, 0.29) is 12.4 Å². The van der Waals surface area contributed by atoms with Gasteiger partial charge in [-0.1, -0.05) is 6.42 Å². The second kappa shape index (κ2) is 1.89. The quantitative estimate of drug-likeness (QED) is 0.528. The average molecular weight is 134 g/mol. The summed E-state index contributed by atoms with van der Waals surface area (Å²) < 4.78 is 0. The van der Waals surface area contributed by atoms with Crippen LogP contribution in [0.2, 0.25) is 0 Å². The zero-order valence-corrected chi connectivity index (χ0v) is 5.66. The number of fused-ring (bicyclic) bond motifs is 1. The summed E-state index contributed by atoms with van der Waals surface area (Å²) in [4.78, 5) is 0. The number of halogens is 1. The third-order valence-corrected chi connectivity index (χ3v) is 2.47. The fraction of sp³-hybridized carbons (Fsp3) is 1.00. The van der Waals surface area contributed by atoms with Crippen molar-refractivity contribution in [2.75, 3.05) is 0 Å². The first-order valence-electron chi connectivity index (χ1n) is 3.15. The van der Waals surface area contributed by atoms with Crippen LogP contribution in [0.3, 0.4) is 0 Å². The molecule has 48 valence electrons. The van der Waals surface area contributed by atoms with E-state index in [1.807, 2.05) is 0 Å². The van der Waals surface area contributed by atoms with Crippen molar-refractivity contribution in [1.29, 1.82) is 0 Å². The normalized spacial score (nSPS) is 49.9. The van der Waals surface area contributed by atoms with E-state index in [0.717, 1.165) is 11.8 Å². The van der Waals surface area contributed by atoms with Gasteiger partial charge in [-0.15, -0.1) is 12.4 Å². The minimum atomic E-state index is 0. The Morgan fingerprint density at radius 2 is 1.62 bits per heavy atom. The molecular weight excluding hydrogens is 122 g/mol. The van der Waals surface area contributed by atoms with Crippen molar-refractivity contribution in [2.45, 2.75) is 25.3 Å². The van der Waals surface area contributed by atoms with Gasteiger partial charge in [0.2, 0.25) is 0 Å². The van der Waals surface area contributed by atoms with Crippen LogP contribution in [0, 0.1) is 11.8 Å². The zero-order chi connectivity index (χ0) is 4.85. The highest BCUT2D eigenvalue weighted by molar-refractivity contribution is 5.85. The monoisotopic (exact) mass is 133 g/mol. The van der Waals surface area contributed by atoms with E-state index in [1.54, 1.807) is 0 Å². The molecule has 0 spiro atoms. The van der Waals surface area contributed by atoms with Gasteiger partial charge in [0, 0.05) is 6.04 Å². The van der Waals surface area contributed by atoms with Crippen LogP contribution in [-0.4, -0.2) is 6.04 Å². The lowest BCUT2D eigenvalue weighted by Crippen LogP contribution is -2.05. The largest absolute Gasteiger partial charge is 0.327 e. The Hall–Kier alpha value is 0.250. The number of hydrogen-bond acceptors (Lipinski definition) is 1. The summed E-state index contributed by atoms with van der Waals surface area (Å²) in [7, 11) is 0. The molecule has 0 bridgehead atoms. The summed E-state index contributed by atoms with van der Waals surface area (Å²) in [6, 6.07) is 0.619. The van der Waals surface area contributed by atoms with Crippen LogP contribution < -0.4 is 5.73 Å². The van der Waals surface area contributed by atoms with Crippen molar-refractivity contribution in [2.24, 2.45) is 17.6 Å². The molecule has 2 aliphatic rings. The van der Waals surface area contributed by atoms with Gasteiger partial charge in [0.05, 0.1) is 0 Å². The molecule has 3 atom stereocenters. The Morgan fingerprint density at radius 1 is 1.12 bits per heavy atom. The van der Waals surface area contributed by atoms with E-state index in [4.69, 9.17) is 5.73 Å². The molecule has 2 fully saturated rings. The highest BCUT2D eigenvalue weighted by Gasteiger charge is 2.49. The van der Waals surface area contributed by atoms with Gasteiger partial charge in [-0.25, -0.2) is 0 Å². The van der Waals surface area contributed by atoms with Crippen LogP contribution in [0.25, 0.3) is 0 Å². The molecule has 0 aromatic carbocycles. The summed E-state index contributed by atoms with van der Waals surface area (Å²) in [6.07, 6.45) is 4.29. The maximum absolute atomic E-state index is 5.67. The molecule has 2 heteroatoms. The van der Waals surface area contributed by atoms with E-state index in [9.17, 15) is 0 Å². The van der Waals surface area contributed by atoms with Crippen LogP contribution in [0.5, 0.6) is 0 Å². The van der Waals surface area contributed by atoms with Gasteiger partial charge >= 0.3 is 0 Å². The molecule has 0 radical (unpaired) electrons. The van der Waals surface area contributed by atoms with Crippen molar-refractivity contribution >= 4 is 12.4 Å². The van der Waals surface area contributed by atoms with Crippen molar-refractivity contribution in [1.82, 2.24) is 0 Å². The maximum atomic E-state index is 5.67. The van der Waals surface area contributed by atoms with Gasteiger partial charge in [-0.3, -0.25) is 0 Å². The number of rotatable bonds is 0. The van der Waals surface area contributed by atoms with Gasteiger partial charge in [0.25, 0.3) is 0 Å². The van der Waals surface area contributed by atoms with E-state index >= 15 is 0 Å². The molecule has 0 aliphatic heterocycles. The van der Waals surface area contributed by atoms with Gasteiger partial charge in [0.1, 0.15) is 0 Å². The summed E-state index contributed by atoms with van der Waals surface area (Å²) in [5.41, 5.74) is 5.67. The summed E-state index contributed by atoms with van der Waals surface area (Å²) in [5, 5.41) is 0. The van der Waals surface area contributed by atoms with E-state index in [1.165, 1.54) is 19.3 Å². The highest BCUT2D eigenvalue weighted by Crippen LogP contribution is 2.50. The molecular formula is C6H12ClN. The van der Waals surface area contributed by atoms with Gasteiger partial charge < -0.3 is 5.73 Å². The van der Waals surface area contributed by atoms with Crippen LogP contribution in [-0.2, 0) is 0 Å². The molecule has 2 saturated carbocycles. The Morgan fingerprint density at radius 3 is 1.88 bits per heavy atom. The fourth-order valence-corrected chi connectivity index (χ4v) is 1.88. The first kappa shape index (κ1) is 6.37. The Kier molecular flexibility index (Phi) is 1.50.